The molecule has 210 valence electrons. The van der Waals surface area contributed by atoms with E-state index in [2.05, 4.69) is 79.7 Å². The van der Waals surface area contributed by atoms with Gasteiger partial charge in [-0.05, 0) is 114 Å². The fraction of sp³-hybridized carbons (Fsp3) is 0.0750. The van der Waals surface area contributed by atoms with E-state index in [9.17, 15) is 4.79 Å². The zero-order valence-electron chi connectivity index (χ0n) is 24.3. The summed E-state index contributed by atoms with van der Waals surface area (Å²) in [6.45, 7) is 3.66. The summed E-state index contributed by atoms with van der Waals surface area (Å²) < 4.78 is 12.0. The molecule has 0 aliphatic carbocycles. The lowest BCUT2D eigenvalue weighted by atomic mass is 10.00. The first-order valence-electron chi connectivity index (χ1n) is 14.4. The number of hydrogen-bond acceptors (Lipinski definition) is 3. The maximum absolute atomic E-state index is 11.5. The van der Waals surface area contributed by atoms with Crippen molar-refractivity contribution in [1.82, 2.24) is 0 Å². The van der Waals surface area contributed by atoms with Crippen LogP contribution in [0.15, 0.2) is 146 Å². The van der Waals surface area contributed by atoms with E-state index in [0.717, 1.165) is 34.8 Å². The molecule has 0 aliphatic rings. The third kappa shape index (κ3) is 7.09. The molecule has 0 heterocycles. The number of aryl methyl sites for hydroxylation is 1. The van der Waals surface area contributed by atoms with Crippen LogP contribution < -0.4 is 9.47 Å². The average molecular weight is 561 g/mol. The second kappa shape index (κ2) is 12.6. The monoisotopic (exact) mass is 560 g/mol. The number of ketones is 1. The van der Waals surface area contributed by atoms with Crippen LogP contribution in [0, 0.1) is 6.92 Å². The van der Waals surface area contributed by atoms with Gasteiger partial charge in [0.2, 0.25) is 0 Å². The summed E-state index contributed by atoms with van der Waals surface area (Å²) in [7, 11) is 0. The van der Waals surface area contributed by atoms with E-state index in [0.29, 0.717) is 11.3 Å². The molecule has 3 nitrogen and oxygen atoms in total. The van der Waals surface area contributed by atoms with Crippen LogP contribution in [0.4, 0.5) is 0 Å². The van der Waals surface area contributed by atoms with Crippen molar-refractivity contribution in [1.29, 1.82) is 0 Å². The molecule has 0 spiro atoms. The Labute approximate surface area is 253 Å². The number of benzene rings is 6. The van der Waals surface area contributed by atoms with Gasteiger partial charge in [-0.25, -0.2) is 0 Å². The molecule has 0 radical (unpaired) electrons. The topological polar surface area (TPSA) is 35.5 Å². The highest BCUT2D eigenvalue weighted by molar-refractivity contribution is 5.94. The van der Waals surface area contributed by atoms with Gasteiger partial charge < -0.3 is 9.47 Å². The third-order valence-corrected chi connectivity index (χ3v) is 7.44. The molecule has 0 fully saturated rings. The van der Waals surface area contributed by atoms with Crippen molar-refractivity contribution in [2.45, 2.75) is 20.3 Å². The first-order chi connectivity index (χ1) is 21.0. The lowest BCUT2D eigenvalue weighted by molar-refractivity contribution is 0.101. The lowest BCUT2D eigenvalue weighted by Crippen LogP contribution is -1.91. The highest BCUT2D eigenvalue weighted by atomic mass is 16.5. The Morgan fingerprint density at radius 3 is 1.14 bits per heavy atom. The van der Waals surface area contributed by atoms with Crippen molar-refractivity contribution >= 4 is 5.78 Å². The van der Waals surface area contributed by atoms with Gasteiger partial charge in [-0.1, -0.05) is 90.5 Å². The number of rotatable bonds is 9. The van der Waals surface area contributed by atoms with Crippen LogP contribution in [-0.4, -0.2) is 5.78 Å². The molecule has 0 N–H and O–H groups in total. The second-order valence-electron chi connectivity index (χ2n) is 10.7. The Morgan fingerprint density at radius 1 is 0.442 bits per heavy atom. The molecular weight excluding hydrogens is 528 g/mol. The van der Waals surface area contributed by atoms with Crippen molar-refractivity contribution < 1.29 is 14.3 Å². The summed E-state index contributed by atoms with van der Waals surface area (Å²) in [4.78, 5) is 11.5. The smallest absolute Gasteiger partial charge is 0.159 e. The number of ether oxygens (including phenoxy) is 2. The van der Waals surface area contributed by atoms with Gasteiger partial charge in [0.25, 0.3) is 0 Å². The maximum atomic E-state index is 11.5. The fourth-order valence-electron chi connectivity index (χ4n) is 4.93. The predicted octanol–water partition coefficient (Wildman–Crippen LogP) is 10.7. The molecule has 0 unspecified atom stereocenters. The molecule has 6 aromatic carbocycles. The molecular formula is C40H32O3. The largest absolute Gasteiger partial charge is 0.457 e. The van der Waals surface area contributed by atoms with Crippen LogP contribution in [-0.2, 0) is 6.42 Å². The number of carbonyl (C=O) groups is 1. The number of carbonyl (C=O) groups excluding carboxylic acids is 1. The van der Waals surface area contributed by atoms with Gasteiger partial charge in [0.15, 0.2) is 5.78 Å². The first-order valence-corrected chi connectivity index (χ1v) is 14.4. The lowest BCUT2D eigenvalue weighted by Gasteiger charge is -2.10. The first kappa shape index (κ1) is 27.7. The second-order valence-corrected chi connectivity index (χ2v) is 10.7. The van der Waals surface area contributed by atoms with E-state index >= 15 is 0 Å². The van der Waals surface area contributed by atoms with E-state index in [1.807, 2.05) is 60.7 Å². The van der Waals surface area contributed by atoms with Gasteiger partial charge in [-0.2, -0.15) is 0 Å². The minimum Gasteiger partial charge on any atom is -0.457 e. The molecule has 0 saturated heterocycles. The molecule has 0 bridgehead atoms. The Kier molecular flexibility index (Phi) is 8.15. The van der Waals surface area contributed by atoms with Gasteiger partial charge in [0.1, 0.15) is 23.0 Å². The van der Waals surface area contributed by atoms with Gasteiger partial charge in [0, 0.05) is 5.56 Å². The normalized spacial score (nSPS) is 10.7. The van der Waals surface area contributed by atoms with E-state index in [1.54, 1.807) is 19.1 Å². The summed E-state index contributed by atoms with van der Waals surface area (Å²) >= 11 is 0. The van der Waals surface area contributed by atoms with E-state index in [1.165, 1.54) is 27.8 Å². The van der Waals surface area contributed by atoms with Gasteiger partial charge in [-0.3, -0.25) is 4.79 Å². The van der Waals surface area contributed by atoms with Crippen LogP contribution in [0.2, 0.25) is 0 Å². The molecule has 0 saturated carbocycles. The Balaban J connectivity index is 1.03. The molecule has 6 rings (SSSR count). The molecule has 0 amide bonds. The quantitative estimate of drug-likeness (QED) is 0.165. The average Bonchev–Trinajstić information content (AvgIpc) is 3.04. The Hall–Kier alpha value is -5.41. The minimum atomic E-state index is 0.0391. The van der Waals surface area contributed by atoms with Crippen LogP contribution in [0.25, 0.3) is 22.3 Å². The van der Waals surface area contributed by atoms with Crippen LogP contribution in [0.5, 0.6) is 23.0 Å². The van der Waals surface area contributed by atoms with Crippen molar-refractivity contribution in [3.8, 4) is 45.3 Å². The van der Waals surface area contributed by atoms with Crippen molar-refractivity contribution in [2.75, 3.05) is 0 Å². The molecule has 6 aromatic rings. The van der Waals surface area contributed by atoms with Crippen molar-refractivity contribution in [2.24, 2.45) is 0 Å². The molecule has 3 heteroatoms. The van der Waals surface area contributed by atoms with Crippen LogP contribution in [0.3, 0.4) is 0 Å². The standard InChI is InChI=1S/C40H32O3/c1-28-3-9-33(10-4-28)34-11-5-30(6-12-34)27-31-7-19-37(20-8-31)42-39-23-15-35(16-24-39)36-17-25-40(26-18-36)43-38-21-13-32(14-22-38)29(2)41/h3-26H,27H2,1-2H3. The summed E-state index contributed by atoms with van der Waals surface area (Å²) in [5.41, 5.74) is 9.12. The highest BCUT2D eigenvalue weighted by Gasteiger charge is 2.05. The molecule has 0 atom stereocenters. The summed E-state index contributed by atoms with van der Waals surface area (Å²) in [5, 5.41) is 0. The summed E-state index contributed by atoms with van der Waals surface area (Å²) in [6, 6.07) is 48.9. The molecule has 43 heavy (non-hydrogen) atoms. The number of hydrogen-bond donors (Lipinski definition) is 0. The van der Waals surface area contributed by atoms with E-state index in [4.69, 9.17) is 9.47 Å². The fourth-order valence-corrected chi connectivity index (χ4v) is 4.93. The maximum Gasteiger partial charge on any atom is 0.159 e. The van der Waals surface area contributed by atoms with Crippen LogP contribution in [0.1, 0.15) is 34.0 Å². The zero-order chi connectivity index (χ0) is 29.6. The van der Waals surface area contributed by atoms with Crippen molar-refractivity contribution in [3.05, 3.63) is 168 Å². The summed E-state index contributed by atoms with van der Waals surface area (Å²) in [5.74, 6) is 3.07. The SMILES string of the molecule is CC(=O)c1ccc(Oc2ccc(-c3ccc(Oc4ccc(Cc5ccc(-c6ccc(C)cc6)cc5)cc4)cc3)cc2)cc1. The summed E-state index contributed by atoms with van der Waals surface area (Å²) in [6.07, 6.45) is 0.874. The third-order valence-electron chi connectivity index (χ3n) is 7.44. The molecule has 0 aromatic heterocycles. The Morgan fingerprint density at radius 2 is 0.744 bits per heavy atom. The van der Waals surface area contributed by atoms with E-state index < -0.39 is 0 Å². The minimum absolute atomic E-state index is 0.0391. The van der Waals surface area contributed by atoms with Gasteiger partial charge in [-0.15, -0.1) is 0 Å². The highest BCUT2D eigenvalue weighted by Crippen LogP contribution is 2.29. The van der Waals surface area contributed by atoms with Crippen molar-refractivity contribution in [3.63, 3.8) is 0 Å². The van der Waals surface area contributed by atoms with Gasteiger partial charge in [0.05, 0.1) is 0 Å². The zero-order valence-corrected chi connectivity index (χ0v) is 24.3. The van der Waals surface area contributed by atoms with Crippen LogP contribution >= 0.6 is 0 Å². The van der Waals surface area contributed by atoms with Gasteiger partial charge >= 0.3 is 0 Å². The molecule has 0 aliphatic heterocycles. The van der Waals surface area contributed by atoms with E-state index in [-0.39, 0.29) is 5.78 Å². The Bertz CT molecular complexity index is 1800. The number of Topliss-reactive ketones (excluding diaryl/α,β-unsaturated/α-hetero) is 1. The predicted molar refractivity (Wildman–Crippen MR) is 174 cm³/mol.